The third-order valence-electron chi connectivity index (χ3n) is 3.52. The van der Waals surface area contributed by atoms with E-state index >= 15 is 0 Å². The number of anilines is 1. The van der Waals surface area contributed by atoms with E-state index in [1.807, 2.05) is 11.0 Å². The smallest absolute Gasteiger partial charge is 0.317 e. The molecule has 1 aliphatic rings. The number of rotatable bonds is 4. The molecule has 0 atom stereocenters. The number of carboxylic acid groups (broad SMARTS) is 1. The number of nitrogens with zero attached hydrogens (tertiary/aromatic N) is 3. The maximum Gasteiger partial charge on any atom is 0.317 e. The van der Waals surface area contributed by atoms with Gasteiger partial charge in [0.05, 0.1) is 6.54 Å². The van der Waals surface area contributed by atoms with Gasteiger partial charge in [0.15, 0.2) is 0 Å². The van der Waals surface area contributed by atoms with Crippen LogP contribution in [0.25, 0.3) is 0 Å². The lowest BCUT2D eigenvalue weighted by Crippen LogP contribution is -2.34. The van der Waals surface area contributed by atoms with E-state index in [-0.39, 0.29) is 12.5 Å². The summed E-state index contributed by atoms with van der Waals surface area (Å²) < 4.78 is 0. The van der Waals surface area contributed by atoms with Gasteiger partial charge in [-0.1, -0.05) is 0 Å². The molecule has 0 radical (unpaired) electrons. The predicted molar refractivity (Wildman–Crippen MR) is 78.5 cm³/mol. The first-order valence-corrected chi connectivity index (χ1v) is 6.97. The van der Waals surface area contributed by atoms with Crippen LogP contribution in [-0.2, 0) is 4.79 Å². The summed E-state index contributed by atoms with van der Waals surface area (Å²) in [6.07, 6.45) is 2.52. The van der Waals surface area contributed by atoms with Gasteiger partial charge in [0.2, 0.25) is 0 Å². The quantitative estimate of drug-likeness (QED) is 0.815. The third kappa shape index (κ3) is 4.16. The average molecular weight is 292 g/mol. The molecule has 0 unspecified atom stereocenters. The topological polar surface area (TPSA) is 85.8 Å². The van der Waals surface area contributed by atoms with Crippen molar-refractivity contribution in [1.29, 1.82) is 0 Å². The van der Waals surface area contributed by atoms with Crippen molar-refractivity contribution in [2.24, 2.45) is 0 Å². The molecular formula is C14H20N4O3. The van der Waals surface area contributed by atoms with E-state index in [1.54, 1.807) is 19.3 Å². The molecule has 0 aromatic carbocycles. The first-order valence-electron chi connectivity index (χ1n) is 6.97. The fraction of sp³-hybridized carbons (Fsp3) is 0.500. The minimum Gasteiger partial charge on any atom is -0.480 e. The molecule has 1 aliphatic heterocycles. The van der Waals surface area contributed by atoms with Crippen LogP contribution < -0.4 is 10.2 Å². The minimum atomic E-state index is -0.797. The van der Waals surface area contributed by atoms with Crippen molar-refractivity contribution in [3.63, 3.8) is 0 Å². The summed E-state index contributed by atoms with van der Waals surface area (Å²) in [5.41, 5.74) is 1.34. The molecule has 1 amide bonds. The molecule has 2 N–H and O–H groups in total. The number of carbonyl (C=O) groups is 2. The first kappa shape index (κ1) is 15.2. The lowest BCUT2D eigenvalue weighted by Gasteiger charge is -2.23. The van der Waals surface area contributed by atoms with E-state index in [1.165, 1.54) is 0 Å². The first-order chi connectivity index (χ1) is 10.1. The summed E-state index contributed by atoms with van der Waals surface area (Å²) in [5.74, 6) is -1.01. The van der Waals surface area contributed by atoms with Gasteiger partial charge < -0.3 is 15.3 Å². The summed E-state index contributed by atoms with van der Waals surface area (Å²) in [7, 11) is 1.58. The molecule has 7 nitrogen and oxygen atoms in total. The van der Waals surface area contributed by atoms with Gasteiger partial charge in [-0.15, -0.1) is 0 Å². The number of aromatic nitrogens is 1. The van der Waals surface area contributed by atoms with Crippen molar-refractivity contribution in [2.45, 2.75) is 6.42 Å². The van der Waals surface area contributed by atoms with Gasteiger partial charge >= 0.3 is 5.97 Å². The van der Waals surface area contributed by atoms with Gasteiger partial charge in [0.1, 0.15) is 5.69 Å². The highest BCUT2D eigenvalue weighted by Gasteiger charge is 2.17. The maximum absolute atomic E-state index is 11.6. The molecule has 0 bridgehead atoms. The van der Waals surface area contributed by atoms with Gasteiger partial charge in [-0.3, -0.25) is 19.5 Å². The van der Waals surface area contributed by atoms with Crippen molar-refractivity contribution < 1.29 is 14.7 Å². The van der Waals surface area contributed by atoms with E-state index < -0.39 is 5.97 Å². The minimum absolute atomic E-state index is 0.0771. The molecule has 2 rings (SSSR count). The molecule has 114 valence electrons. The fourth-order valence-corrected chi connectivity index (χ4v) is 2.45. The van der Waals surface area contributed by atoms with E-state index in [9.17, 15) is 9.59 Å². The number of nitrogens with one attached hydrogen (secondary N) is 1. The van der Waals surface area contributed by atoms with Crippen LogP contribution in [0.4, 0.5) is 5.69 Å². The second-order valence-corrected chi connectivity index (χ2v) is 4.99. The Morgan fingerprint density at radius 2 is 2.14 bits per heavy atom. The standard InChI is InChI=1S/C14H20N4O3/c1-15-14(21)12-9-11(3-4-16-12)18-6-2-5-17(7-8-18)10-13(19)20/h3-4,9H,2,5-8,10H2,1H3,(H,15,21)(H,19,20). The monoisotopic (exact) mass is 292 g/mol. The van der Waals surface area contributed by atoms with Crippen molar-refractivity contribution in [1.82, 2.24) is 15.2 Å². The molecule has 21 heavy (non-hydrogen) atoms. The average Bonchev–Trinajstić information content (AvgIpc) is 2.71. The van der Waals surface area contributed by atoms with Crippen LogP contribution in [0.5, 0.6) is 0 Å². The van der Waals surface area contributed by atoms with Crippen molar-refractivity contribution in [3.8, 4) is 0 Å². The Balaban J connectivity index is 2.05. The van der Waals surface area contributed by atoms with Crippen LogP contribution in [0.1, 0.15) is 16.9 Å². The zero-order chi connectivity index (χ0) is 15.2. The van der Waals surface area contributed by atoms with Gasteiger partial charge in [-0.25, -0.2) is 0 Å². The fourth-order valence-electron chi connectivity index (χ4n) is 2.45. The zero-order valence-corrected chi connectivity index (χ0v) is 12.1. The van der Waals surface area contributed by atoms with Gasteiger partial charge in [-0.2, -0.15) is 0 Å². The second-order valence-electron chi connectivity index (χ2n) is 4.99. The largest absolute Gasteiger partial charge is 0.480 e. The Labute approximate surface area is 123 Å². The van der Waals surface area contributed by atoms with E-state index in [0.717, 1.165) is 31.7 Å². The molecule has 7 heteroatoms. The molecule has 1 saturated heterocycles. The highest BCUT2D eigenvalue weighted by Crippen LogP contribution is 2.17. The van der Waals surface area contributed by atoms with E-state index in [0.29, 0.717) is 12.2 Å². The number of carboxylic acids is 1. The molecule has 0 spiro atoms. The van der Waals surface area contributed by atoms with Crippen molar-refractivity contribution in [2.75, 3.05) is 44.7 Å². The second kappa shape index (κ2) is 7.03. The predicted octanol–water partition coefficient (Wildman–Crippen LogP) is 0.0379. The molecular weight excluding hydrogens is 272 g/mol. The Kier molecular flexibility index (Phi) is 5.10. The van der Waals surface area contributed by atoms with Gasteiger partial charge in [-0.05, 0) is 18.6 Å². The Bertz CT molecular complexity index is 521. The Morgan fingerprint density at radius 1 is 1.33 bits per heavy atom. The number of amides is 1. The third-order valence-corrected chi connectivity index (χ3v) is 3.52. The number of carbonyl (C=O) groups excluding carboxylic acids is 1. The highest BCUT2D eigenvalue weighted by molar-refractivity contribution is 5.92. The SMILES string of the molecule is CNC(=O)c1cc(N2CCCN(CC(=O)O)CC2)ccn1. The molecule has 1 aromatic heterocycles. The number of aliphatic carboxylic acids is 1. The van der Waals surface area contributed by atoms with Crippen LogP contribution in [0.2, 0.25) is 0 Å². The van der Waals surface area contributed by atoms with E-state index in [2.05, 4.69) is 15.2 Å². The summed E-state index contributed by atoms with van der Waals surface area (Å²) in [6.45, 7) is 3.13. The van der Waals surface area contributed by atoms with Crippen LogP contribution in [0.3, 0.4) is 0 Å². The number of pyridine rings is 1. The van der Waals surface area contributed by atoms with Crippen LogP contribution in [-0.4, -0.2) is 66.6 Å². The van der Waals surface area contributed by atoms with E-state index in [4.69, 9.17) is 5.11 Å². The van der Waals surface area contributed by atoms with Crippen molar-refractivity contribution in [3.05, 3.63) is 24.0 Å². The lowest BCUT2D eigenvalue weighted by molar-refractivity contribution is -0.138. The summed E-state index contributed by atoms with van der Waals surface area (Å²) in [5, 5.41) is 11.4. The number of hydrogen-bond acceptors (Lipinski definition) is 5. The van der Waals surface area contributed by atoms with Crippen LogP contribution >= 0.6 is 0 Å². The Morgan fingerprint density at radius 3 is 2.86 bits per heavy atom. The zero-order valence-electron chi connectivity index (χ0n) is 12.1. The van der Waals surface area contributed by atoms with Gasteiger partial charge in [0.25, 0.3) is 5.91 Å². The van der Waals surface area contributed by atoms with Crippen molar-refractivity contribution >= 4 is 17.6 Å². The summed E-state index contributed by atoms with van der Waals surface area (Å²) in [4.78, 5) is 30.6. The lowest BCUT2D eigenvalue weighted by atomic mass is 10.2. The van der Waals surface area contributed by atoms with Crippen LogP contribution in [0, 0.1) is 0 Å². The Hall–Kier alpha value is -2.15. The highest BCUT2D eigenvalue weighted by atomic mass is 16.4. The molecule has 1 fully saturated rings. The molecule has 0 aliphatic carbocycles. The van der Waals surface area contributed by atoms with Crippen LogP contribution in [0.15, 0.2) is 18.3 Å². The summed E-state index contributed by atoms with van der Waals surface area (Å²) >= 11 is 0. The molecule has 2 heterocycles. The molecule has 1 aromatic rings. The number of hydrogen-bond donors (Lipinski definition) is 2. The normalized spacial score (nSPS) is 16.3. The van der Waals surface area contributed by atoms with Gasteiger partial charge in [0, 0.05) is 45.1 Å². The maximum atomic E-state index is 11.6. The molecule has 0 saturated carbocycles. The summed E-state index contributed by atoms with van der Waals surface area (Å²) in [6, 6.07) is 3.64.